The lowest BCUT2D eigenvalue weighted by Gasteiger charge is -2.51. The second kappa shape index (κ2) is 9.02. The van der Waals surface area contributed by atoms with Gasteiger partial charge in [0.25, 0.3) is 0 Å². The van der Waals surface area contributed by atoms with Gasteiger partial charge in [0, 0.05) is 43.6 Å². The first-order chi connectivity index (χ1) is 17.8. The van der Waals surface area contributed by atoms with E-state index in [0.29, 0.717) is 36.5 Å². The minimum atomic E-state index is -1.70. The third-order valence-corrected chi connectivity index (χ3v) is 8.30. The topological polar surface area (TPSA) is 102 Å². The van der Waals surface area contributed by atoms with Gasteiger partial charge in [0.2, 0.25) is 5.95 Å². The SMILES string of the molecule is CC(C)c1cnc(N2CC[C@]23CCNC3)c2cnc(Nc3ccnc(N4CC[C@@H](O)[C@@](C)(F)C4)n3)cc12. The van der Waals surface area contributed by atoms with Gasteiger partial charge in [-0.05, 0) is 61.7 Å². The van der Waals surface area contributed by atoms with E-state index in [1.54, 1.807) is 17.2 Å². The number of anilines is 4. The van der Waals surface area contributed by atoms with Crippen LogP contribution in [0.15, 0.2) is 30.7 Å². The molecule has 0 amide bonds. The van der Waals surface area contributed by atoms with E-state index in [4.69, 9.17) is 9.97 Å². The second-order valence-corrected chi connectivity index (χ2v) is 11.2. The number of aliphatic hydroxyl groups is 1. The predicted octanol–water partition coefficient (Wildman–Crippen LogP) is 3.53. The number of alkyl halides is 1. The molecule has 3 aromatic rings. The summed E-state index contributed by atoms with van der Waals surface area (Å²) >= 11 is 0. The van der Waals surface area contributed by atoms with Gasteiger partial charge in [-0.15, -0.1) is 0 Å². The van der Waals surface area contributed by atoms with Crippen LogP contribution in [-0.4, -0.2) is 75.1 Å². The first kappa shape index (κ1) is 24.2. The molecule has 6 rings (SSSR count). The van der Waals surface area contributed by atoms with E-state index in [1.807, 2.05) is 12.4 Å². The number of nitrogens with one attached hydrogen (secondary N) is 2. The van der Waals surface area contributed by atoms with E-state index in [2.05, 4.69) is 45.4 Å². The Morgan fingerprint density at radius 2 is 2.00 bits per heavy atom. The smallest absolute Gasteiger partial charge is 0.227 e. The lowest BCUT2D eigenvalue weighted by molar-refractivity contribution is -0.00860. The third-order valence-electron chi connectivity index (χ3n) is 8.30. The van der Waals surface area contributed by atoms with Crippen LogP contribution in [-0.2, 0) is 0 Å². The van der Waals surface area contributed by atoms with Crippen molar-refractivity contribution in [3.8, 4) is 0 Å². The molecular weight excluding hydrogens is 471 g/mol. The highest BCUT2D eigenvalue weighted by Crippen LogP contribution is 2.43. The molecule has 1 spiro atoms. The van der Waals surface area contributed by atoms with Crippen molar-refractivity contribution in [2.45, 2.75) is 63.3 Å². The van der Waals surface area contributed by atoms with Gasteiger partial charge in [0.05, 0.1) is 18.2 Å². The third kappa shape index (κ3) is 4.25. The summed E-state index contributed by atoms with van der Waals surface area (Å²) < 4.78 is 14.7. The minimum absolute atomic E-state index is 0.0485. The fourth-order valence-electron chi connectivity index (χ4n) is 5.94. The van der Waals surface area contributed by atoms with Gasteiger partial charge in [-0.2, -0.15) is 4.98 Å². The van der Waals surface area contributed by atoms with Gasteiger partial charge in [-0.1, -0.05) is 13.8 Å². The van der Waals surface area contributed by atoms with Crippen LogP contribution in [0, 0.1) is 0 Å². The van der Waals surface area contributed by atoms with Gasteiger partial charge in [0.1, 0.15) is 17.5 Å². The number of nitrogens with zero attached hydrogens (tertiary/aromatic N) is 6. The first-order valence-electron chi connectivity index (χ1n) is 13.2. The van der Waals surface area contributed by atoms with Crippen LogP contribution in [0.5, 0.6) is 0 Å². The second-order valence-electron chi connectivity index (χ2n) is 11.2. The molecule has 6 heterocycles. The molecule has 0 radical (unpaired) electrons. The molecule has 3 aliphatic rings. The molecule has 3 N–H and O–H groups in total. The zero-order chi connectivity index (χ0) is 25.8. The summed E-state index contributed by atoms with van der Waals surface area (Å²) in [4.78, 5) is 22.9. The lowest BCUT2D eigenvalue weighted by Crippen LogP contribution is -2.61. The molecular formula is C27H35FN8O. The normalized spacial score (nSPS) is 27.8. The summed E-state index contributed by atoms with van der Waals surface area (Å²) in [5, 5.41) is 19.0. The molecule has 0 aromatic carbocycles. The Labute approximate surface area is 216 Å². The number of hydrogen-bond acceptors (Lipinski definition) is 9. The van der Waals surface area contributed by atoms with Crippen LogP contribution < -0.4 is 20.4 Å². The summed E-state index contributed by atoms with van der Waals surface area (Å²) in [5.74, 6) is 3.03. The number of fused-ring (bicyclic) bond motifs is 1. The maximum absolute atomic E-state index is 14.7. The Hall–Kier alpha value is -3.11. The zero-order valence-electron chi connectivity index (χ0n) is 21.7. The molecule has 3 aromatic heterocycles. The number of hydrogen-bond donors (Lipinski definition) is 3. The molecule has 10 heteroatoms. The Kier molecular flexibility index (Phi) is 5.91. The summed E-state index contributed by atoms with van der Waals surface area (Å²) in [6.45, 7) is 9.40. The number of halogens is 1. The molecule has 196 valence electrons. The van der Waals surface area contributed by atoms with Crippen LogP contribution in [0.25, 0.3) is 10.8 Å². The molecule has 37 heavy (non-hydrogen) atoms. The summed E-state index contributed by atoms with van der Waals surface area (Å²) in [6, 6.07) is 3.86. The average molecular weight is 507 g/mol. The van der Waals surface area contributed by atoms with E-state index in [0.717, 1.165) is 42.6 Å². The average Bonchev–Trinajstić information content (AvgIpc) is 3.38. The van der Waals surface area contributed by atoms with E-state index in [-0.39, 0.29) is 12.1 Å². The van der Waals surface area contributed by atoms with Crippen LogP contribution in [0.1, 0.15) is 51.5 Å². The number of aliphatic hydroxyl groups excluding tert-OH is 1. The van der Waals surface area contributed by atoms with Crippen molar-refractivity contribution in [1.82, 2.24) is 25.3 Å². The molecule has 0 saturated carbocycles. The Morgan fingerprint density at radius 1 is 1.14 bits per heavy atom. The minimum Gasteiger partial charge on any atom is -0.390 e. The molecule has 3 fully saturated rings. The van der Waals surface area contributed by atoms with Gasteiger partial charge in [0.15, 0.2) is 5.67 Å². The molecule has 0 bridgehead atoms. The quantitative estimate of drug-likeness (QED) is 0.480. The summed E-state index contributed by atoms with van der Waals surface area (Å²) in [5.41, 5.74) is -0.345. The maximum atomic E-state index is 14.7. The highest BCUT2D eigenvalue weighted by molar-refractivity contribution is 5.96. The molecule has 0 unspecified atom stereocenters. The van der Waals surface area contributed by atoms with Crippen LogP contribution in [0.3, 0.4) is 0 Å². The van der Waals surface area contributed by atoms with E-state index in [9.17, 15) is 9.50 Å². The van der Waals surface area contributed by atoms with Gasteiger partial charge in [-0.3, -0.25) is 0 Å². The van der Waals surface area contributed by atoms with E-state index < -0.39 is 11.8 Å². The Bertz CT molecular complexity index is 1310. The van der Waals surface area contributed by atoms with Gasteiger partial charge >= 0.3 is 0 Å². The van der Waals surface area contributed by atoms with Crippen LogP contribution in [0.2, 0.25) is 0 Å². The molecule has 3 atom stereocenters. The summed E-state index contributed by atoms with van der Waals surface area (Å²) in [6.07, 6.45) is 7.29. The predicted molar refractivity (Wildman–Crippen MR) is 143 cm³/mol. The Balaban J connectivity index is 1.30. The monoisotopic (exact) mass is 506 g/mol. The first-order valence-corrected chi connectivity index (χ1v) is 13.2. The van der Waals surface area contributed by atoms with Crippen molar-refractivity contribution in [2.75, 3.05) is 47.8 Å². The van der Waals surface area contributed by atoms with Gasteiger partial charge < -0.3 is 25.5 Å². The molecule has 3 aliphatic heterocycles. The maximum Gasteiger partial charge on any atom is 0.227 e. The standard InChI is InChI=1S/C27H35FN8O/c1-17(2)19-13-32-24(36-11-7-27(36)6-9-29-15-27)20-14-31-23(12-18(19)20)33-22-4-8-30-25(34-22)35-10-5-21(37)26(3,28)16-35/h4,8,12-14,17,21,29,37H,5-7,9-11,15-16H2,1-3H3,(H,30,31,33,34)/t21-,26+,27+/m1/s1. The van der Waals surface area contributed by atoms with Crippen LogP contribution >= 0.6 is 0 Å². The van der Waals surface area contributed by atoms with Crippen molar-refractivity contribution in [2.24, 2.45) is 0 Å². The molecule has 0 aliphatic carbocycles. The fourth-order valence-corrected chi connectivity index (χ4v) is 5.94. The van der Waals surface area contributed by atoms with Gasteiger partial charge in [-0.25, -0.2) is 19.3 Å². The highest BCUT2D eigenvalue weighted by atomic mass is 19.1. The highest BCUT2D eigenvalue weighted by Gasteiger charge is 2.47. The lowest BCUT2D eigenvalue weighted by atomic mass is 9.83. The number of rotatable bonds is 5. The van der Waals surface area contributed by atoms with Crippen molar-refractivity contribution in [1.29, 1.82) is 0 Å². The van der Waals surface area contributed by atoms with Crippen molar-refractivity contribution < 1.29 is 9.50 Å². The largest absolute Gasteiger partial charge is 0.390 e. The number of aromatic nitrogens is 4. The summed E-state index contributed by atoms with van der Waals surface area (Å²) in [7, 11) is 0. The van der Waals surface area contributed by atoms with E-state index in [1.165, 1.54) is 18.9 Å². The van der Waals surface area contributed by atoms with Crippen molar-refractivity contribution in [3.05, 3.63) is 36.3 Å². The van der Waals surface area contributed by atoms with Crippen LogP contribution in [0.4, 0.5) is 27.8 Å². The van der Waals surface area contributed by atoms with E-state index >= 15 is 0 Å². The Morgan fingerprint density at radius 3 is 2.70 bits per heavy atom. The fraction of sp³-hybridized carbons (Fsp3) is 0.556. The van der Waals surface area contributed by atoms with Crippen molar-refractivity contribution in [3.63, 3.8) is 0 Å². The molecule has 9 nitrogen and oxygen atoms in total. The number of piperidine rings is 1. The zero-order valence-corrected chi connectivity index (χ0v) is 21.7. The van der Waals surface area contributed by atoms with Crippen molar-refractivity contribution >= 4 is 34.2 Å². The number of pyridine rings is 2. The molecule has 3 saturated heterocycles.